The lowest BCUT2D eigenvalue weighted by Crippen LogP contribution is -2.42. The number of hydrogen-bond acceptors (Lipinski definition) is 3. The number of carbonyl (C=O) groups is 2. The molecule has 0 atom stereocenters. The van der Waals surface area contributed by atoms with Gasteiger partial charge in [0.05, 0.1) is 0 Å². The molecule has 0 aliphatic carbocycles. The Labute approximate surface area is 96.2 Å². The van der Waals surface area contributed by atoms with Crippen molar-refractivity contribution in [1.82, 2.24) is 5.32 Å². The monoisotopic (exact) mass is 231 g/mol. The van der Waals surface area contributed by atoms with E-state index >= 15 is 0 Å². The predicted molar refractivity (Wildman–Crippen MR) is 60.2 cm³/mol. The van der Waals surface area contributed by atoms with E-state index in [0.717, 1.165) is 6.42 Å². The van der Waals surface area contributed by atoms with Gasteiger partial charge in [0.2, 0.25) is 5.91 Å². The second kappa shape index (κ2) is 7.22. The van der Waals surface area contributed by atoms with Gasteiger partial charge in [0.15, 0.2) is 0 Å². The van der Waals surface area contributed by atoms with Gasteiger partial charge in [-0.25, -0.2) is 0 Å². The van der Waals surface area contributed by atoms with E-state index in [2.05, 4.69) is 5.32 Å². The van der Waals surface area contributed by atoms with Crippen LogP contribution in [0.4, 0.5) is 0 Å². The first-order chi connectivity index (χ1) is 7.42. The van der Waals surface area contributed by atoms with Gasteiger partial charge in [-0.3, -0.25) is 9.59 Å². The third-order valence-electron chi connectivity index (χ3n) is 2.20. The first-order valence-electron chi connectivity index (χ1n) is 5.52. The molecular formula is C11H21NO4. The molecular weight excluding hydrogens is 210 g/mol. The Bertz CT molecular complexity index is 238. The van der Waals surface area contributed by atoms with E-state index in [0.29, 0.717) is 26.2 Å². The fraction of sp³-hybridized carbons (Fsp3) is 0.818. The van der Waals surface area contributed by atoms with Crippen molar-refractivity contribution >= 4 is 11.9 Å². The van der Waals surface area contributed by atoms with Crippen molar-refractivity contribution in [3.8, 4) is 0 Å². The molecule has 1 amide bonds. The molecule has 5 heteroatoms. The SMILES string of the molecule is CCCOCCCNC(=O)C(C)(C)C(=O)O. The van der Waals surface area contributed by atoms with Crippen LogP contribution in [0, 0.1) is 5.41 Å². The third kappa shape index (κ3) is 5.11. The van der Waals surface area contributed by atoms with Gasteiger partial charge < -0.3 is 15.2 Å². The number of amides is 1. The van der Waals surface area contributed by atoms with Gasteiger partial charge in [-0.05, 0) is 26.7 Å². The van der Waals surface area contributed by atoms with Crippen LogP contribution in [0.15, 0.2) is 0 Å². The number of hydrogen-bond donors (Lipinski definition) is 2. The fourth-order valence-electron chi connectivity index (χ4n) is 0.941. The van der Waals surface area contributed by atoms with Crippen molar-refractivity contribution in [3.05, 3.63) is 0 Å². The number of aliphatic carboxylic acids is 1. The summed E-state index contributed by atoms with van der Waals surface area (Å²) in [7, 11) is 0. The van der Waals surface area contributed by atoms with E-state index in [1.165, 1.54) is 13.8 Å². The van der Waals surface area contributed by atoms with Crippen LogP contribution < -0.4 is 5.32 Å². The van der Waals surface area contributed by atoms with Gasteiger partial charge in [0.25, 0.3) is 0 Å². The predicted octanol–water partition coefficient (Wildman–Crippen LogP) is 1.03. The zero-order valence-electron chi connectivity index (χ0n) is 10.2. The highest BCUT2D eigenvalue weighted by Crippen LogP contribution is 2.14. The molecule has 5 nitrogen and oxygen atoms in total. The summed E-state index contributed by atoms with van der Waals surface area (Å²) >= 11 is 0. The molecule has 0 saturated heterocycles. The van der Waals surface area contributed by atoms with Crippen molar-refractivity contribution in [2.45, 2.75) is 33.6 Å². The van der Waals surface area contributed by atoms with Crippen molar-refractivity contribution in [1.29, 1.82) is 0 Å². The molecule has 0 fully saturated rings. The lowest BCUT2D eigenvalue weighted by molar-refractivity contribution is -0.153. The highest BCUT2D eigenvalue weighted by molar-refractivity contribution is 6.00. The molecule has 0 rings (SSSR count). The highest BCUT2D eigenvalue weighted by atomic mass is 16.5. The number of rotatable bonds is 8. The number of carboxylic acids is 1. The van der Waals surface area contributed by atoms with Gasteiger partial charge in [0, 0.05) is 19.8 Å². The number of carboxylic acid groups (broad SMARTS) is 1. The highest BCUT2D eigenvalue weighted by Gasteiger charge is 2.35. The maximum absolute atomic E-state index is 11.5. The molecule has 0 aromatic heterocycles. The summed E-state index contributed by atoms with van der Waals surface area (Å²) in [5, 5.41) is 11.4. The van der Waals surface area contributed by atoms with Crippen molar-refractivity contribution < 1.29 is 19.4 Å². The van der Waals surface area contributed by atoms with Gasteiger partial charge in [-0.1, -0.05) is 6.92 Å². The standard InChI is InChI=1S/C11H21NO4/c1-4-7-16-8-5-6-12-9(13)11(2,3)10(14)15/h4-8H2,1-3H3,(H,12,13)(H,14,15). The van der Waals surface area contributed by atoms with Crippen LogP contribution in [0.5, 0.6) is 0 Å². The van der Waals surface area contributed by atoms with Crippen molar-refractivity contribution in [2.75, 3.05) is 19.8 Å². The largest absolute Gasteiger partial charge is 0.480 e. The smallest absolute Gasteiger partial charge is 0.318 e. The molecule has 0 spiro atoms. The molecule has 0 unspecified atom stereocenters. The Balaban J connectivity index is 3.70. The van der Waals surface area contributed by atoms with Crippen LogP contribution in [-0.2, 0) is 14.3 Å². The molecule has 0 aliphatic rings. The summed E-state index contributed by atoms with van der Waals surface area (Å²) < 4.78 is 5.23. The van der Waals surface area contributed by atoms with E-state index in [1.807, 2.05) is 6.92 Å². The van der Waals surface area contributed by atoms with E-state index in [1.54, 1.807) is 0 Å². The molecule has 16 heavy (non-hydrogen) atoms. The van der Waals surface area contributed by atoms with E-state index in [-0.39, 0.29) is 0 Å². The Kier molecular flexibility index (Phi) is 6.72. The Hall–Kier alpha value is -1.10. The number of nitrogens with one attached hydrogen (secondary N) is 1. The van der Waals surface area contributed by atoms with Crippen LogP contribution in [0.1, 0.15) is 33.6 Å². The van der Waals surface area contributed by atoms with Crippen LogP contribution in [0.2, 0.25) is 0 Å². The summed E-state index contributed by atoms with van der Waals surface area (Å²) in [4.78, 5) is 22.2. The second-order valence-corrected chi connectivity index (χ2v) is 4.15. The maximum atomic E-state index is 11.5. The third-order valence-corrected chi connectivity index (χ3v) is 2.20. The lowest BCUT2D eigenvalue weighted by Gasteiger charge is -2.18. The topological polar surface area (TPSA) is 75.6 Å². The summed E-state index contributed by atoms with van der Waals surface area (Å²) in [5.41, 5.74) is -1.37. The van der Waals surface area contributed by atoms with Crippen molar-refractivity contribution in [2.24, 2.45) is 5.41 Å². The molecule has 0 aliphatic heterocycles. The molecule has 0 heterocycles. The molecule has 0 radical (unpaired) electrons. The zero-order valence-corrected chi connectivity index (χ0v) is 10.2. The summed E-state index contributed by atoms with van der Waals surface area (Å²) in [6.07, 6.45) is 1.67. The van der Waals surface area contributed by atoms with Crippen molar-refractivity contribution in [3.63, 3.8) is 0 Å². The lowest BCUT2D eigenvalue weighted by atomic mass is 9.93. The molecule has 0 aromatic rings. The van der Waals surface area contributed by atoms with Gasteiger partial charge in [-0.2, -0.15) is 0 Å². The first kappa shape index (κ1) is 14.9. The fourth-order valence-corrected chi connectivity index (χ4v) is 0.941. The van der Waals surface area contributed by atoms with Crippen LogP contribution >= 0.6 is 0 Å². The average Bonchev–Trinajstić information content (AvgIpc) is 2.22. The van der Waals surface area contributed by atoms with Crippen LogP contribution in [-0.4, -0.2) is 36.7 Å². The average molecular weight is 231 g/mol. The normalized spacial score (nSPS) is 11.2. The summed E-state index contributed by atoms with van der Waals surface area (Å²) in [6, 6.07) is 0. The number of carbonyl (C=O) groups excluding carboxylic acids is 1. The summed E-state index contributed by atoms with van der Waals surface area (Å²) in [6.45, 7) is 6.54. The second-order valence-electron chi connectivity index (χ2n) is 4.15. The first-order valence-corrected chi connectivity index (χ1v) is 5.52. The minimum Gasteiger partial charge on any atom is -0.480 e. The Morgan fingerprint density at radius 2 is 1.94 bits per heavy atom. The molecule has 0 aromatic carbocycles. The zero-order chi connectivity index (χ0) is 12.6. The molecule has 94 valence electrons. The maximum Gasteiger partial charge on any atom is 0.318 e. The minimum atomic E-state index is -1.37. The van der Waals surface area contributed by atoms with Crippen LogP contribution in [0.3, 0.4) is 0 Å². The quantitative estimate of drug-likeness (QED) is 0.483. The molecule has 0 bridgehead atoms. The Morgan fingerprint density at radius 3 is 2.44 bits per heavy atom. The Morgan fingerprint density at radius 1 is 1.31 bits per heavy atom. The van der Waals surface area contributed by atoms with Crippen LogP contribution in [0.25, 0.3) is 0 Å². The van der Waals surface area contributed by atoms with E-state index < -0.39 is 17.3 Å². The van der Waals surface area contributed by atoms with E-state index in [9.17, 15) is 9.59 Å². The minimum absolute atomic E-state index is 0.444. The van der Waals surface area contributed by atoms with E-state index in [4.69, 9.17) is 9.84 Å². The molecule has 0 saturated carbocycles. The van der Waals surface area contributed by atoms with Gasteiger partial charge in [-0.15, -0.1) is 0 Å². The van der Waals surface area contributed by atoms with Gasteiger partial charge in [0.1, 0.15) is 5.41 Å². The molecule has 2 N–H and O–H groups in total. The van der Waals surface area contributed by atoms with Gasteiger partial charge >= 0.3 is 5.97 Å². The summed E-state index contributed by atoms with van der Waals surface area (Å²) in [5.74, 6) is -1.58. The number of ether oxygens (including phenoxy) is 1.